The second-order valence-electron chi connectivity index (χ2n) is 7.33. The van der Waals surface area contributed by atoms with Gasteiger partial charge < -0.3 is 9.30 Å². The third kappa shape index (κ3) is 4.05. The van der Waals surface area contributed by atoms with Crippen molar-refractivity contribution < 1.29 is 22.7 Å². The molecule has 0 aliphatic carbocycles. The molecule has 0 unspecified atom stereocenters. The molecule has 0 fully saturated rings. The number of ether oxygens (including phenoxy) is 1. The molecule has 4 aromatic rings. The molecule has 4 rings (SSSR count). The van der Waals surface area contributed by atoms with Gasteiger partial charge in [0.25, 0.3) is 0 Å². The monoisotopic (exact) mass is 452 g/mol. The average Bonchev–Trinajstić information content (AvgIpc) is 3.34. The highest BCUT2D eigenvalue weighted by atomic mass is 32.2. The minimum atomic E-state index is -3.79. The van der Waals surface area contributed by atoms with E-state index in [1.165, 1.54) is 12.1 Å². The van der Waals surface area contributed by atoms with Gasteiger partial charge in [-0.15, -0.1) is 0 Å². The zero-order chi connectivity index (χ0) is 23.0. The Hall–Kier alpha value is -3.76. The Morgan fingerprint density at radius 3 is 2.50 bits per heavy atom. The summed E-state index contributed by atoms with van der Waals surface area (Å²) in [6, 6.07) is 12.7. The zero-order valence-corrected chi connectivity index (χ0v) is 18.1. The highest BCUT2D eigenvalue weighted by Gasteiger charge is 2.19. The first-order chi connectivity index (χ1) is 15.1. The molecular weight excluding hydrogens is 432 g/mol. The summed E-state index contributed by atoms with van der Waals surface area (Å²) in [7, 11) is -3.79. The normalized spacial score (nSPS) is 11.6. The van der Waals surface area contributed by atoms with Gasteiger partial charge in [-0.05, 0) is 56.3 Å². The van der Waals surface area contributed by atoms with Gasteiger partial charge in [0, 0.05) is 28.0 Å². The van der Waals surface area contributed by atoms with Crippen LogP contribution in [-0.2, 0) is 14.8 Å². The summed E-state index contributed by atoms with van der Waals surface area (Å²) in [5.41, 5.74) is 3.51. The van der Waals surface area contributed by atoms with E-state index in [-0.39, 0.29) is 10.7 Å². The molecule has 0 bridgehead atoms. The molecule has 0 atom stereocenters. The predicted octanol–water partition coefficient (Wildman–Crippen LogP) is 2.66. The van der Waals surface area contributed by atoms with Crippen LogP contribution >= 0.6 is 0 Å². The lowest BCUT2D eigenvalue weighted by molar-refractivity contribution is 0.0474. The van der Waals surface area contributed by atoms with Gasteiger partial charge in [0.05, 0.1) is 22.2 Å². The Balaban J connectivity index is 1.51. The number of nitrogens with two attached hydrogens (primary N) is 1. The second-order valence-corrected chi connectivity index (χ2v) is 8.89. The summed E-state index contributed by atoms with van der Waals surface area (Å²) in [6.07, 6.45) is 1.65. The Kier molecular flexibility index (Phi) is 5.41. The van der Waals surface area contributed by atoms with E-state index >= 15 is 0 Å². The van der Waals surface area contributed by atoms with Crippen LogP contribution in [0, 0.1) is 13.8 Å². The lowest BCUT2D eigenvalue weighted by atomic mass is 10.1. The standard InChI is InChI=1S/C22H20N4O5S/c1-13-9-19(14(2)26(13)17-5-7-18(8-6-17)32(23,29)30)21(27)12-31-22(28)15-3-4-16-11-24-25-20(16)10-15/h3-11H,12H2,1-2H3,(H,24,25)(H2,23,29,30). The van der Waals surface area contributed by atoms with Crippen LogP contribution in [0.5, 0.6) is 0 Å². The third-order valence-corrected chi connectivity index (χ3v) is 6.10. The largest absolute Gasteiger partial charge is 0.454 e. The fourth-order valence-corrected chi connectivity index (χ4v) is 4.10. The number of fused-ring (bicyclic) bond motifs is 1. The minimum absolute atomic E-state index is 0.000224. The van der Waals surface area contributed by atoms with Crippen molar-refractivity contribution in [2.75, 3.05) is 6.61 Å². The lowest BCUT2D eigenvalue weighted by Gasteiger charge is -2.10. The molecule has 0 spiro atoms. The van der Waals surface area contributed by atoms with E-state index < -0.39 is 22.6 Å². The smallest absolute Gasteiger partial charge is 0.338 e. The second kappa shape index (κ2) is 8.06. The number of H-pyrrole nitrogens is 1. The van der Waals surface area contributed by atoms with Crippen molar-refractivity contribution in [1.82, 2.24) is 14.8 Å². The molecule has 3 N–H and O–H groups in total. The van der Waals surface area contributed by atoms with Crippen LogP contribution in [0.25, 0.3) is 16.6 Å². The first-order valence-corrected chi connectivity index (χ1v) is 11.2. The van der Waals surface area contributed by atoms with Gasteiger partial charge in [-0.2, -0.15) is 5.10 Å². The molecule has 2 heterocycles. The van der Waals surface area contributed by atoms with Crippen molar-refractivity contribution in [2.45, 2.75) is 18.7 Å². The summed E-state index contributed by atoms with van der Waals surface area (Å²) >= 11 is 0. The number of aromatic amines is 1. The van der Waals surface area contributed by atoms with E-state index in [2.05, 4.69) is 10.2 Å². The van der Waals surface area contributed by atoms with E-state index in [0.717, 1.165) is 11.1 Å². The van der Waals surface area contributed by atoms with E-state index in [4.69, 9.17) is 9.88 Å². The number of carbonyl (C=O) groups is 2. The van der Waals surface area contributed by atoms with E-state index in [1.54, 1.807) is 49.5 Å². The quantitative estimate of drug-likeness (QED) is 0.341. The molecule has 10 heteroatoms. The fraction of sp³-hybridized carbons (Fsp3) is 0.136. The molecule has 0 amide bonds. The zero-order valence-electron chi connectivity index (χ0n) is 17.3. The highest BCUT2D eigenvalue weighted by Crippen LogP contribution is 2.23. The SMILES string of the molecule is Cc1cc(C(=O)COC(=O)c2ccc3cn[nH]c3c2)c(C)n1-c1ccc(S(N)(=O)=O)cc1. The Bertz CT molecular complexity index is 1450. The lowest BCUT2D eigenvalue weighted by Crippen LogP contribution is -2.15. The van der Waals surface area contributed by atoms with Gasteiger partial charge >= 0.3 is 5.97 Å². The number of nitrogens with one attached hydrogen (secondary N) is 1. The number of hydrogen-bond donors (Lipinski definition) is 2. The summed E-state index contributed by atoms with van der Waals surface area (Å²) in [6.45, 7) is 3.18. The number of ketones is 1. The first-order valence-electron chi connectivity index (χ1n) is 9.61. The summed E-state index contributed by atoms with van der Waals surface area (Å²) in [5, 5.41) is 12.7. The van der Waals surface area contributed by atoms with Crippen LogP contribution in [0.1, 0.15) is 32.1 Å². The average molecular weight is 452 g/mol. The summed E-state index contributed by atoms with van der Waals surface area (Å²) in [5.74, 6) is -0.955. The number of hydrogen-bond acceptors (Lipinski definition) is 6. The molecule has 0 aliphatic rings. The molecule has 2 aromatic carbocycles. The number of benzene rings is 2. The van der Waals surface area contributed by atoms with E-state index in [1.807, 2.05) is 11.5 Å². The van der Waals surface area contributed by atoms with Gasteiger partial charge in [0.1, 0.15) is 0 Å². The van der Waals surface area contributed by atoms with Gasteiger partial charge in [0.15, 0.2) is 6.61 Å². The molecule has 2 aromatic heterocycles. The van der Waals surface area contributed by atoms with Crippen molar-refractivity contribution in [2.24, 2.45) is 5.14 Å². The van der Waals surface area contributed by atoms with Gasteiger partial charge in [0.2, 0.25) is 15.8 Å². The van der Waals surface area contributed by atoms with Crippen molar-refractivity contribution in [1.29, 1.82) is 0 Å². The molecule has 9 nitrogen and oxygen atoms in total. The predicted molar refractivity (Wildman–Crippen MR) is 117 cm³/mol. The summed E-state index contributed by atoms with van der Waals surface area (Å²) in [4.78, 5) is 25.1. The number of aromatic nitrogens is 3. The van der Waals surface area contributed by atoms with Crippen molar-refractivity contribution in [3.63, 3.8) is 0 Å². The molecule has 0 saturated heterocycles. The van der Waals surface area contributed by atoms with Gasteiger partial charge in [-0.1, -0.05) is 6.07 Å². The Morgan fingerprint density at radius 2 is 1.81 bits per heavy atom. The van der Waals surface area contributed by atoms with Crippen LogP contribution in [0.3, 0.4) is 0 Å². The molecule has 0 saturated carbocycles. The Labute approximate surface area is 183 Å². The van der Waals surface area contributed by atoms with Crippen LogP contribution in [0.2, 0.25) is 0 Å². The number of sulfonamides is 1. The van der Waals surface area contributed by atoms with E-state index in [9.17, 15) is 18.0 Å². The Morgan fingerprint density at radius 1 is 1.09 bits per heavy atom. The maximum atomic E-state index is 12.8. The number of carbonyl (C=O) groups excluding carboxylic acids is 2. The summed E-state index contributed by atoms with van der Waals surface area (Å²) < 4.78 is 30.0. The van der Waals surface area contributed by atoms with Gasteiger partial charge in [-0.25, -0.2) is 18.4 Å². The van der Waals surface area contributed by atoms with Crippen LogP contribution < -0.4 is 5.14 Å². The number of nitrogens with zero attached hydrogens (tertiary/aromatic N) is 2. The van der Waals surface area contributed by atoms with Crippen LogP contribution in [-0.4, -0.2) is 41.5 Å². The molecule has 0 aliphatic heterocycles. The topological polar surface area (TPSA) is 137 Å². The van der Waals surface area contributed by atoms with Crippen molar-refractivity contribution >= 4 is 32.7 Å². The molecule has 32 heavy (non-hydrogen) atoms. The van der Waals surface area contributed by atoms with E-state index in [0.29, 0.717) is 28.0 Å². The number of esters is 1. The molecule has 0 radical (unpaired) electrons. The van der Waals surface area contributed by atoms with Crippen LogP contribution in [0.4, 0.5) is 0 Å². The minimum Gasteiger partial charge on any atom is -0.454 e. The maximum absolute atomic E-state index is 12.8. The van der Waals surface area contributed by atoms with Crippen molar-refractivity contribution in [3.05, 3.63) is 77.2 Å². The first kappa shape index (κ1) is 21.5. The number of primary sulfonamides is 1. The fourth-order valence-electron chi connectivity index (χ4n) is 3.58. The molecular formula is C22H20N4O5S. The number of Topliss-reactive ketones (excluding diaryl/α,β-unsaturated/α-hetero) is 1. The van der Waals surface area contributed by atoms with Crippen molar-refractivity contribution in [3.8, 4) is 5.69 Å². The molecule has 164 valence electrons. The van der Waals surface area contributed by atoms with Gasteiger partial charge in [-0.3, -0.25) is 9.89 Å². The van der Waals surface area contributed by atoms with Crippen LogP contribution in [0.15, 0.2) is 59.6 Å². The highest BCUT2D eigenvalue weighted by molar-refractivity contribution is 7.89. The number of aryl methyl sites for hydroxylation is 1. The third-order valence-electron chi connectivity index (χ3n) is 5.17. The number of rotatable bonds is 6. The maximum Gasteiger partial charge on any atom is 0.338 e.